The molecule has 1 aliphatic rings. The second kappa shape index (κ2) is 10.1. The number of hydrogen-bond donors (Lipinski definition) is 2. The summed E-state index contributed by atoms with van der Waals surface area (Å²) in [5.41, 5.74) is 2.19. The number of ether oxygens (including phenoxy) is 1. The number of thioether (sulfide) groups is 1. The minimum absolute atomic E-state index is 0.321. The molecule has 0 bridgehead atoms. The lowest BCUT2D eigenvalue weighted by atomic mass is 10.2. The number of nitrogens with one attached hydrogen (secondary N) is 1. The zero-order valence-corrected chi connectivity index (χ0v) is 17.0. The van der Waals surface area contributed by atoms with Gasteiger partial charge in [-0.2, -0.15) is 11.8 Å². The number of para-hydroxylation sites is 1. The van der Waals surface area contributed by atoms with E-state index in [9.17, 15) is 5.11 Å². The first-order chi connectivity index (χ1) is 13.1. The van der Waals surface area contributed by atoms with E-state index in [1.165, 1.54) is 0 Å². The number of rotatable bonds is 9. The van der Waals surface area contributed by atoms with Gasteiger partial charge in [-0.1, -0.05) is 18.2 Å². The van der Waals surface area contributed by atoms with Gasteiger partial charge in [0.15, 0.2) is 0 Å². The average molecular weight is 391 g/mol. The van der Waals surface area contributed by atoms with Gasteiger partial charge in [0.05, 0.1) is 6.54 Å². The summed E-state index contributed by atoms with van der Waals surface area (Å²) >= 11 is 1.98. The molecule has 1 atom stereocenters. The van der Waals surface area contributed by atoms with Crippen molar-refractivity contribution in [1.29, 1.82) is 0 Å². The summed E-state index contributed by atoms with van der Waals surface area (Å²) in [5, 5.41) is 10.3. The number of aromatic nitrogens is 2. The van der Waals surface area contributed by atoms with Gasteiger partial charge in [-0.25, -0.2) is 4.98 Å². The van der Waals surface area contributed by atoms with Crippen LogP contribution in [0.15, 0.2) is 30.5 Å². The van der Waals surface area contributed by atoms with Crippen molar-refractivity contribution in [1.82, 2.24) is 19.8 Å². The molecule has 0 radical (unpaired) electrons. The van der Waals surface area contributed by atoms with Crippen LogP contribution in [0.25, 0.3) is 0 Å². The summed E-state index contributed by atoms with van der Waals surface area (Å²) in [6.07, 6.45) is 1.38. The molecule has 27 heavy (non-hydrogen) atoms. The van der Waals surface area contributed by atoms with Crippen LogP contribution in [0.4, 0.5) is 0 Å². The van der Waals surface area contributed by atoms with Gasteiger partial charge < -0.3 is 14.8 Å². The molecule has 0 aliphatic carbocycles. The molecule has 1 aliphatic heterocycles. The maximum Gasteiger partial charge on any atom is 0.123 e. The van der Waals surface area contributed by atoms with Crippen LogP contribution in [0.5, 0.6) is 5.75 Å². The molecule has 1 saturated heterocycles. The normalized spacial score (nSPS) is 16.6. The molecule has 2 N–H and O–H groups in total. The first-order valence-corrected chi connectivity index (χ1v) is 10.6. The molecule has 6 nitrogen and oxygen atoms in total. The smallest absolute Gasteiger partial charge is 0.123 e. The molecule has 0 amide bonds. The van der Waals surface area contributed by atoms with Crippen LogP contribution in [-0.4, -0.2) is 75.8 Å². The Balaban J connectivity index is 1.50. The van der Waals surface area contributed by atoms with E-state index in [-0.39, 0.29) is 0 Å². The lowest BCUT2D eigenvalue weighted by Gasteiger charge is -2.28. The zero-order valence-electron chi connectivity index (χ0n) is 16.2. The van der Waals surface area contributed by atoms with E-state index in [1.807, 2.05) is 43.1 Å². The highest BCUT2D eigenvalue weighted by molar-refractivity contribution is 7.99. The molecule has 1 aromatic carbocycles. The van der Waals surface area contributed by atoms with E-state index in [1.54, 1.807) is 0 Å². The molecule has 7 heteroatoms. The predicted octanol–water partition coefficient (Wildman–Crippen LogP) is 2.14. The maximum atomic E-state index is 10.3. The third-order valence-electron chi connectivity index (χ3n) is 4.59. The number of aliphatic hydroxyl groups is 1. The molecular formula is C20H30N4O2S. The van der Waals surface area contributed by atoms with E-state index in [0.717, 1.165) is 60.5 Å². The molecule has 0 spiro atoms. The average Bonchev–Trinajstić information content (AvgIpc) is 3.06. The monoisotopic (exact) mass is 390 g/mol. The van der Waals surface area contributed by atoms with Gasteiger partial charge >= 0.3 is 0 Å². The van der Waals surface area contributed by atoms with Crippen LogP contribution in [0.2, 0.25) is 0 Å². The number of benzene rings is 1. The van der Waals surface area contributed by atoms with Crippen LogP contribution in [-0.2, 0) is 13.1 Å². The first-order valence-electron chi connectivity index (χ1n) is 9.48. The number of nitrogens with zero attached hydrogens (tertiary/aromatic N) is 3. The Kier molecular flexibility index (Phi) is 7.58. The van der Waals surface area contributed by atoms with Gasteiger partial charge in [-0.05, 0) is 20.0 Å². The highest BCUT2D eigenvalue weighted by Gasteiger charge is 2.16. The second-order valence-electron chi connectivity index (χ2n) is 7.17. The van der Waals surface area contributed by atoms with Crippen LogP contribution in [0.1, 0.15) is 17.1 Å². The van der Waals surface area contributed by atoms with Crippen molar-refractivity contribution in [3.05, 3.63) is 47.5 Å². The van der Waals surface area contributed by atoms with E-state index < -0.39 is 6.10 Å². The second-order valence-corrected chi connectivity index (χ2v) is 8.40. The maximum absolute atomic E-state index is 10.3. The highest BCUT2D eigenvalue weighted by atomic mass is 32.2. The van der Waals surface area contributed by atoms with E-state index in [4.69, 9.17) is 4.74 Å². The molecule has 1 unspecified atom stereocenters. The van der Waals surface area contributed by atoms with Gasteiger partial charge in [-0.3, -0.25) is 9.80 Å². The third kappa shape index (κ3) is 6.53. The Morgan fingerprint density at radius 3 is 2.81 bits per heavy atom. The summed E-state index contributed by atoms with van der Waals surface area (Å²) in [7, 11) is 2.07. The fourth-order valence-electron chi connectivity index (χ4n) is 3.25. The number of β-amino-alcohol motifs (C(OH)–C–C–N with tert-alkyl or cyclic N) is 1. The van der Waals surface area contributed by atoms with Crippen molar-refractivity contribution in [3.8, 4) is 5.75 Å². The Morgan fingerprint density at radius 1 is 1.30 bits per heavy atom. The topological polar surface area (TPSA) is 64.6 Å². The van der Waals surface area contributed by atoms with Crippen molar-refractivity contribution >= 4 is 11.8 Å². The first kappa shape index (κ1) is 20.2. The summed E-state index contributed by atoms with van der Waals surface area (Å²) in [4.78, 5) is 12.1. The van der Waals surface area contributed by atoms with E-state index in [0.29, 0.717) is 13.2 Å². The molecule has 148 valence electrons. The van der Waals surface area contributed by atoms with Crippen LogP contribution < -0.4 is 4.74 Å². The molecule has 1 fully saturated rings. The fraction of sp³-hybridized carbons (Fsp3) is 0.550. The van der Waals surface area contributed by atoms with Gasteiger partial charge in [-0.15, -0.1) is 0 Å². The number of aliphatic hydroxyl groups excluding tert-OH is 1. The van der Waals surface area contributed by atoms with Crippen molar-refractivity contribution in [2.24, 2.45) is 0 Å². The molecule has 1 aromatic heterocycles. The third-order valence-corrected chi connectivity index (χ3v) is 5.53. The molecule has 2 aromatic rings. The standard InChI is InChI=1S/C20H30N4O2S/c1-16-11-21-20(22-16)14-23(2)12-17-5-3-4-6-19(17)26-15-18(25)13-24-7-9-27-10-8-24/h3-6,11,18,25H,7-10,12-15H2,1-2H3,(H,21,22). The van der Waals surface area contributed by atoms with Crippen LogP contribution in [0.3, 0.4) is 0 Å². The summed E-state index contributed by atoms with van der Waals surface area (Å²) in [5.74, 6) is 4.10. The molecular weight excluding hydrogens is 360 g/mol. The Labute approximate surface area is 165 Å². The highest BCUT2D eigenvalue weighted by Crippen LogP contribution is 2.20. The number of hydrogen-bond acceptors (Lipinski definition) is 6. The van der Waals surface area contributed by atoms with Gasteiger partial charge in [0.1, 0.15) is 24.3 Å². The van der Waals surface area contributed by atoms with Crippen molar-refractivity contribution in [2.45, 2.75) is 26.1 Å². The predicted molar refractivity (Wildman–Crippen MR) is 110 cm³/mol. The van der Waals surface area contributed by atoms with Crippen LogP contribution in [0, 0.1) is 6.92 Å². The van der Waals surface area contributed by atoms with Gasteiger partial charge in [0.2, 0.25) is 0 Å². The van der Waals surface area contributed by atoms with E-state index >= 15 is 0 Å². The van der Waals surface area contributed by atoms with Crippen LogP contribution >= 0.6 is 11.8 Å². The number of aromatic amines is 1. The molecule has 3 rings (SSSR count). The van der Waals surface area contributed by atoms with Crippen molar-refractivity contribution in [2.75, 3.05) is 44.8 Å². The summed E-state index contributed by atoms with van der Waals surface area (Å²) in [6.45, 7) is 6.62. The zero-order chi connectivity index (χ0) is 19.1. The van der Waals surface area contributed by atoms with Crippen molar-refractivity contribution < 1.29 is 9.84 Å². The van der Waals surface area contributed by atoms with Gasteiger partial charge in [0, 0.05) is 55.1 Å². The lowest BCUT2D eigenvalue weighted by Crippen LogP contribution is -2.40. The van der Waals surface area contributed by atoms with Gasteiger partial charge in [0.25, 0.3) is 0 Å². The fourth-order valence-corrected chi connectivity index (χ4v) is 4.22. The molecule has 2 heterocycles. The van der Waals surface area contributed by atoms with E-state index in [2.05, 4.69) is 32.9 Å². The number of imidazole rings is 1. The number of H-pyrrole nitrogens is 1. The quantitative estimate of drug-likeness (QED) is 0.684. The number of aryl methyl sites for hydroxylation is 1. The SMILES string of the molecule is Cc1cnc(CN(C)Cc2ccccc2OCC(O)CN2CCSCC2)[nH]1. The minimum atomic E-state index is -0.468. The summed E-state index contributed by atoms with van der Waals surface area (Å²) < 4.78 is 5.96. The minimum Gasteiger partial charge on any atom is -0.491 e. The largest absolute Gasteiger partial charge is 0.491 e. The Morgan fingerprint density at radius 2 is 2.07 bits per heavy atom. The molecule has 0 saturated carbocycles. The Hall–Kier alpha value is -1.54. The Bertz CT molecular complexity index is 703. The summed E-state index contributed by atoms with van der Waals surface area (Å²) in [6, 6.07) is 8.05. The lowest BCUT2D eigenvalue weighted by molar-refractivity contribution is 0.0709. The van der Waals surface area contributed by atoms with Crippen molar-refractivity contribution in [3.63, 3.8) is 0 Å².